The zero-order valence-corrected chi connectivity index (χ0v) is 16.3. The molecule has 0 aromatic heterocycles. The van der Waals surface area contributed by atoms with Gasteiger partial charge >= 0.3 is 10.1 Å². The number of carbonyl (C=O) groups excluding carboxylic acids is 1. The summed E-state index contributed by atoms with van der Waals surface area (Å²) in [5.41, 5.74) is 3.39. The minimum atomic E-state index is -3.93. The Morgan fingerprint density at radius 2 is 1.66 bits per heavy atom. The third-order valence-corrected chi connectivity index (χ3v) is 5.09. The summed E-state index contributed by atoms with van der Waals surface area (Å²) in [5, 5.41) is 3.90. The van der Waals surface area contributed by atoms with E-state index < -0.39 is 10.1 Å². The van der Waals surface area contributed by atoms with Gasteiger partial charge in [0.25, 0.3) is 5.91 Å². The van der Waals surface area contributed by atoms with Gasteiger partial charge in [-0.2, -0.15) is 13.5 Å². The van der Waals surface area contributed by atoms with Gasteiger partial charge in [-0.25, -0.2) is 5.43 Å². The highest BCUT2D eigenvalue weighted by atomic mass is 32.2. The minimum absolute atomic E-state index is 0.0609. The molecule has 0 aliphatic rings. The average Bonchev–Trinajstić information content (AvgIpc) is 2.74. The molecule has 0 heterocycles. The second-order valence-electron chi connectivity index (χ2n) is 5.85. The number of rotatable bonds is 7. The van der Waals surface area contributed by atoms with Gasteiger partial charge in [0.1, 0.15) is 16.4 Å². The Morgan fingerprint density at radius 3 is 2.34 bits per heavy atom. The van der Waals surface area contributed by atoms with Crippen molar-refractivity contribution in [1.29, 1.82) is 0 Å². The Kier molecular flexibility index (Phi) is 6.25. The fraction of sp³-hybridized carbons (Fsp3) is 0.0476. The SMILES string of the molecule is COc1ccc(C(=O)NN=Cc2cccc(OS(=O)(=O)c3ccccc3)c2)cc1. The first kappa shape index (κ1) is 20.1. The molecule has 0 aliphatic heterocycles. The van der Waals surface area contributed by atoms with Gasteiger partial charge in [0, 0.05) is 5.56 Å². The van der Waals surface area contributed by atoms with Crippen LogP contribution in [0.4, 0.5) is 0 Å². The summed E-state index contributed by atoms with van der Waals surface area (Å²) >= 11 is 0. The number of hydrazone groups is 1. The molecular weight excluding hydrogens is 392 g/mol. The molecule has 3 aromatic carbocycles. The molecule has 0 atom stereocenters. The molecule has 8 heteroatoms. The molecule has 0 saturated carbocycles. The molecule has 7 nitrogen and oxygen atoms in total. The standard InChI is InChI=1S/C21H18N2O5S/c1-27-18-12-10-17(11-13-18)21(24)23-22-15-16-6-5-7-19(14-16)28-29(25,26)20-8-3-2-4-9-20/h2-15H,1H3,(H,23,24). The highest BCUT2D eigenvalue weighted by Crippen LogP contribution is 2.19. The smallest absolute Gasteiger partial charge is 0.339 e. The molecule has 0 aliphatic carbocycles. The molecule has 1 amide bonds. The molecule has 0 radical (unpaired) electrons. The Labute approximate surface area is 168 Å². The number of hydrogen-bond donors (Lipinski definition) is 1. The van der Waals surface area contributed by atoms with Crippen molar-refractivity contribution < 1.29 is 22.1 Å². The number of amides is 1. The van der Waals surface area contributed by atoms with Crippen LogP contribution in [-0.4, -0.2) is 27.6 Å². The molecule has 0 unspecified atom stereocenters. The number of benzene rings is 3. The first-order valence-electron chi connectivity index (χ1n) is 8.55. The topological polar surface area (TPSA) is 94.1 Å². The highest BCUT2D eigenvalue weighted by molar-refractivity contribution is 7.87. The van der Waals surface area contributed by atoms with Crippen LogP contribution >= 0.6 is 0 Å². The van der Waals surface area contributed by atoms with Gasteiger partial charge in [0.05, 0.1) is 13.3 Å². The summed E-state index contributed by atoms with van der Waals surface area (Å²) < 4.78 is 34.8. The van der Waals surface area contributed by atoms with Gasteiger partial charge in [-0.05, 0) is 54.1 Å². The predicted molar refractivity (Wildman–Crippen MR) is 109 cm³/mol. The van der Waals surface area contributed by atoms with E-state index in [2.05, 4.69) is 10.5 Å². The Bertz CT molecular complexity index is 1110. The normalized spacial score (nSPS) is 11.2. The predicted octanol–water partition coefficient (Wildman–Crippen LogP) is 3.23. The summed E-state index contributed by atoms with van der Waals surface area (Å²) in [6, 6.07) is 20.8. The lowest BCUT2D eigenvalue weighted by atomic mass is 10.2. The summed E-state index contributed by atoms with van der Waals surface area (Å²) in [6.07, 6.45) is 1.39. The van der Waals surface area contributed by atoms with Crippen LogP contribution < -0.4 is 14.3 Å². The van der Waals surface area contributed by atoms with E-state index in [0.29, 0.717) is 16.9 Å². The molecule has 0 saturated heterocycles. The lowest BCUT2D eigenvalue weighted by molar-refractivity contribution is 0.0955. The minimum Gasteiger partial charge on any atom is -0.497 e. The highest BCUT2D eigenvalue weighted by Gasteiger charge is 2.15. The van der Waals surface area contributed by atoms with Crippen molar-refractivity contribution in [3.05, 3.63) is 90.0 Å². The molecule has 29 heavy (non-hydrogen) atoms. The number of ether oxygens (including phenoxy) is 1. The fourth-order valence-corrected chi connectivity index (χ4v) is 3.32. The van der Waals surface area contributed by atoms with Gasteiger partial charge < -0.3 is 8.92 Å². The van der Waals surface area contributed by atoms with E-state index in [9.17, 15) is 13.2 Å². The number of carbonyl (C=O) groups is 1. The zero-order chi connectivity index (χ0) is 20.7. The molecule has 0 fully saturated rings. The third kappa shape index (κ3) is 5.43. The van der Waals surface area contributed by atoms with Gasteiger partial charge in [-0.15, -0.1) is 0 Å². The Morgan fingerprint density at radius 1 is 0.931 bits per heavy atom. The van der Waals surface area contributed by atoms with Crippen LogP contribution in [0.1, 0.15) is 15.9 Å². The van der Waals surface area contributed by atoms with Crippen LogP contribution in [0.25, 0.3) is 0 Å². The third-order valence-electron chi connectivity index (χ3n) is 3.83. The van der Waals surface area contributed by atoms with Crippen molar-refractivity contribution in [2.45, 2.75) is 4.90 Å². The fourth-order valence-electron chi connectivity index (χ4n) is 2.38. The van der Waals surface area contributed by atoms with Crippen molar-refractivity contribution in [2.75, 3.05) is 7.11 Å². The van der Waals surface area contributed by atoms with Crippen LogP contribution in [0, 0.1) is 0 Å². The summed E-state index contributed by atoms with van der Waals surface area (Å²) in [5.74, 6) is 0.398. The van der Waals surface area contributed by atoms with E-state index in [1.165, 1.54) is 30.5 Å². The van der Waals surface area contributed by atoms with Crippen molar-refractivity contribution in [2.24, 2.45) is 5.10 Å². The molecule has 148 valence electrons. The first-order chi connectivity index (χ1) is 14.0. The number of nitrogens with zero attached hydrogens (tertiary/aromatic N) is 1. The maximum atomic E-state index is 12.3. The van der Waals surface area contributed by atoms with Gasteiger partial charge in [-0.1, -0.05) is 30.3 Å². The van der Waals surface area contributed by atoms with Crippen LogP contribution in [0.5, 0.6) is 11.5 Å². The molecule has 0 spiro atoms. The first-order valence-corrected chi connectivity index (χ1v) is 9.96. The van der Waals surface area contributed by atoms with E-state index >= 15 is 0 Å². The summed E-state index contributed by atoms with van der Waals surface area (Å²) in [4.78, 5) is 12.1. The van der Waals surface area contributed by atoms with Gasteiger partial charge in [-0.3, -0.25) is 4.79 Å². The zero-order valence-electron chi connectivity index (χ0n) is 15.5. The Balaban J connectivity index is 1.65. The largest absolute Gasteiger partial charge is 0.497 e. The second-order valence-corrected chi connectivity index (χ2v) is 7.40. The van der Waals surface area contributed by atoms with E-state index in [0.717, 1.165) is 0 Å². The van der Waals surface area contributed by atoms with Crippen molar-refractivity contribution in [3.63, 3.8) is 0 Å². The quantitative estimate of drug-likeness (QED) is 0.367. The van der Waals surface area contributed by atoms with Crippen molar-refractivity contribution >= 4 is 22.2 Å². The maximum Gasteiger partial charge on any atom is 0.339 e. The second kappa shape index (κ2) is 9.03. The van der Waals surface area contributed by atoms with E-state index in [4.69, 9.17) is 8.92 Å². The molecule has 3 rings (SSSR count). The molecular formula is C21H18N2O5S. The summed E-state index contributed by atoms with van der Waals surface area (Å²) in [6.45, 7) is 0. The van der Waals surface area contributed by atoms with E-state index in [-0.39, 0.29) is 16.6 Å². The lowest BCUT2D eigenvalue weighted by Crippen LogP contribution is -2.17. The number of methoxy groups -OCH3 is 1. The van der Waals surface area contributed by atoms with Crippen LogP contribution in [0.3, 0.4) is 0 Å². The molecule has 3 aromatic rings. The van der Waals surface area contributed by atoms with Gasteiger partial charge in [0.2, 0.25) is 0 Å². The van der Waals surface area contributed by atoms with Crippen molar-refractivity contribution in [1.82, 2.24) is 5.43 Å². The van der Waals surface area contributed by atoms with Crippen LogP contribution in [0.2, 0.25) is 0 Å². The molecule has 1 N–H and O–H groups in total. The van der Waals surface area contributed by atoms with E-state index in [1.807, 2.05) is 0 Å². The molecule has 0 bridgehead atoms. The van der Waals surface area contributed by atoms with Crippen molar-refractivity contribution in [3.8, 4) is 11.5 Å². The Hall–Kier alpha value is -3.65. The van der Waals surface area contributed by atoms with Crippen LogP contribution in [-0.2, 0) is 10.1 Å². The van der Waals surface area contributed by atoms with E-state index in [1.54, 1.807) is 61.7 Å². The monoisotopic (exact) mass is 410 g/mol. The number of hydrogen-bond acceptors (Lipinski definition) is 6. The summed E-state index contributed by atoms with van der Waals surface area (Å²) in [7, 11) is -2.39. The van der Waals surface area contributed by atoms with Crippen LogP contribution in [0.15, 0.2) is 88.9 Å². The average molecular weight is 410 g/mol. The number of nitrogens with one attached hydrogen (secondary N) is 1. The van der Waals surface area contributed by atoms with Gasteiger partial charge in [0.15, 0.2) is 0 Å². The lowest BCUT2D eigenvalue weighted by Gasteiger charge is -2.07. The maximum absolute atomic E-state index is 12.3.